The van der Waals surface area contributed by atoms with Gasteiger partial charge in [-0.25, -0.2) is 4.68 Å². The van der Waals surface area contributed by atoms with Crippen LogP contribution in [0, 0.1) is 0 Å². The van der Waals surface area contributed by atoms with Gasteiger partial charge in [-0.15, -0.1) is 0 Å². The third kappa shape index (κ3) is 3.67. The molecule has 0 spiro atoms. The molecule has 1 N–H and O–H groups in total. The van der Waals surface area contributed by atoms with Gasteiger partial charge in [0.2, 0.25) is 6.79 Å². The second-order valence-electron chi connectivity index (χ2n) is 8.06. The van der Waals surface area contributed by atoms with E-state index in [1.54, 1.807) is 23.1 Å². The lowest BCUT2D eigenvalue weighted by Gasteiger charge is -2.33. The number of piperazine rings is 1. The van der Waals surface area contributed by atoms with Crippen LogP contribution in [0.2, 0.25) is 0 Å². The van der Waals surface area contributed by atoms with Gasteiger partial charge in [-0.1, -0.05) is 6.07 Å². The summed E-state index contributed by atoms with van der Waals surface area (Å²) >= 11 is 0. The fourth-order valence-corrected chi connectivity index (χ4v) is 4.20. The van der Waals surface area contributed by atoms with Crippen molar-refractivity contribution >= 4 is 11.7 Å². The summed E-state index contributed by atoms with van der Waals surface area (Å²) in [6, 6.07) is 4.07. The number of carbonyl (C=O) groups is 1. The topological polar surface area (TPSA) is 71.9 Å². The number of benzene rings is 1. The highest BCUT2D eigenvalue weighted by molar-refractivity contribution is 5.93. The lowest BCUT2D eigenvalue weighted by molar-refractivity contribution is -0.173. The van der Waals surface area contributed by atoms with Crippen molar-refractivity contribution in [1.82, 2.24) is 19.6 Å². The third-order valence-corrected chi connectivity index (χ3v) is 6.00. The molecule has 0 saturated carbocycles. The number of aromatic nitrogens is 2. The van der Waals surface area contributed by atoms with Crippen LogP contribution in [0.25, 0.3) is 0 Å². The lowest BCUT2D eigenvalue weighted by Crippen LogP contribution is -2.47. The van der Waals surface area contributed by atoms with Crippen LogP contribution in [-0.2, 0) is 0 Å². The summed E-state index contributed by atoms with van der Waals surface area (Å²) in [5.74, 6) is 0.899. The summed E-state index contributed by atoms with van der Waals surface area (Å²) in [6.07, 6.45) is -4.76. The largest absolute Gasteiger partial charge is 0.454 e. The Morgan fingerprint density at radius 2 is 1.87 bits per heavy atom. The molecule has 2 atom stereocenters. The quantitative estimate of drug-likeness (QED) is 0.779. The van der Waals surface area contributed by atoms with Crippen molar-refractivity contribution in [1.29, 1.82) is 0 Å². The Labute approximate surface area is 176 Å². The number of hydrogen-bond donors (Lipinski definition) is 1. The van der Waals surface area contributed by atoms with Gasteiger partial charge in [0.05, 0.1) is 6.04 Å². The van der Waals surface area contributed by atoms with E-state index in [1.165, 1.54) is 6.07 Å². The van der Waals surface area contributed by atoms with Crippen LogP contribution in [0.1, 0.15) is 34.6 Å². The number of likely N-dealkylation sites (N-methyl/N-ethyl adjacent to an activating group) is 1. The Balaban J connectivity index is 1.44. The molecule has 1 aromatic carbocycles. The highest BCUT2D eigenvalue weighted by Crippen LogP contribution is 2.45. The van der Waals surface area contributed by atoms with Crippen molar-refractivity contribution in [2.24, 2.45) is 0 Å². The number of anilines is 1. The zero-order chi connectivity index (χ0) is 21.8. The zero-order valence-electron chi connectivity index (χ0n) is 16.9. The molecule has 3 aliphatic rings. The lowest BCUT2D eigenvalue weighted by atomic mass is 9.96. The average Bonchev–Trinajstić information content (AvgIpc) is 3.38. The normalized spacial score (nSPS) is 23.4. The van der Waals surface area contributed by atoms with Crippen LogP contribution in [0.3, 0.4) is 0 Å². The third-order valence-electron chi connectivity index (χ3n) is 6.00. The molecule has 5 rings (SSSR count). The van der Waals surface area contributed by atoms with E-state index in [9.17, 15) is 18.0 Å². The maximum atomic E-state index is 13.9. The van der Waals surface area contributed by atoms with Crippen molar-refractivity contribution in [3.63, 3.8) is 0 Å². The molecule has 8 nitrogen and oxygen atoms in total. The predicted molar refractivity (Wildman–Crippen MR) is 104 cm³/mol. The number of fused-ring (bicyclic) bond motifs is 2. The number of nitrogens with zero attached hydrogens (tertiary/aromatic N) is 4. The van der Waals surface area contributed by atoms with E-state index >= 15 is 0 Å². The van der Waals surface area contributed by atoms with Crippen molar-refractivity contribution < 1.29 is 27.4 Å². The Kier molecular flexibility index (Phi) is 4.72. The van der Waals surface area contributed by atoms with Crippen molar-refractivity contribution in [3.8, 4) is 11.5 Å². The van der Waals surface area contributed by atoms with Crippen LogP contribution in [0.4, 0.5) is 19.0 Å². The Hall–Kier alpha value is -2.95. The van der Waals surface area contributed by atoms with Crippen molar-refractivity contribution in [2.45, 2.75) is 24.7 Å². The Bertz CT molecular complexity index is 1000. The van der Waals surface area contributed by atoms with Crippen LogP contribution in [0.15, 0.2) is 24.3 Å². The van der Waals surface area contributed by atoms with Gasteiger partial charge in [0, 0.05) is 38.7 Å². The summed E-state index contributed by atoms with van der Waals surface area (Å²) in [6.45, 7) is 2.57. The molecule has 0 bridgehead atoms. The van der Waals surface area contributed by atoms with Gasteiger partial charge >= 0.3 is 6.18 Å². The molecule has 1 amide bonds. The number of amides is 1. The van der Waals surface area contributed by atoms with Gasteiger partial charge in [0.1, 0.15) is 5.82 Å². The minimum absolute atomic E-state index is 0.0210. The first-order chi connectivity index (χ1) is 14.8. The Morgan fingerprint density at radius 1 is 1.13 bits per heavy atom. The molecule has 3 aliphatic heterocycles. The minimum Gasteiger partial charge on any atom is -0.454 e. The number of carbonyl (C=O) groups excluding carboxylic acids is 1. The maximum Gasteiger partial charge on any atom is 0.410 e. The second-order valence-corrected chi connectivity index (χ2v) is 8.06. The van der Waals surface area contributed by atoms with Crippen LogP contribution < -0.4 is 14.8 Å². The first kappa shape index (κ1) is 20.0. The first-order valence-electron chi connectivity index (χ1n) is 10.1. The first-order valence-corrected chi connectivity index (χ1v) is 10.1. The SMILES string of the molecule is CN1CCN(C(=O)c2cc3n(n2)[C@@H](C(F)(F)F)C[C@@H](c2ccc4c(c2)OCO4)N3)CC1. The van der Waals surface area contributed by atoms with E-state index in [4.69, 9.17) is 9.47 Å². The number of nitrogens with one attached hydrogen (secondary N) is 1. The van der Waals surface area contributed by atoms with Gasteiger partial charge < -0.3 is 24.6 Å². The molecule has 2 aromatic rings. The van der Waals surface area contributed by atoms with Gasteiger partial charge in [-0.2, -0.15) is 18.3 Å². The number of hydrogen-bond acceptors (Lipinski definition) is 6. The van der Waals surface area contributed by atoms with Crippen molar-refractivity contribution in [2.75, 3.05) is 45.3 Å². The number of alkyl halides is 3. The standard InChI is InChI=1S/C20H22F3N5O3/c1-26-4-6-27(7-5-26)19(29)14-10-18-24-13(9-17(20(21,22)23)28(18)25-14)12-2-3-15-16(8-12)31-11-30-15/h2-3,8,10,13,17,24H,4-7,9,11H2,1H3/t13-,17+/m0/s1. The molecule has 166 valence electrons. The zero-order valence-corrected chi connectivity index (χ0v) is 16.9. The monoisotopic (exact) mass is 437 g/mol. The van der Waals surface area contributed by atoms with Gasteiger partial charge in [-0.05, 0) is 24.7 Å². The summed E-state index contributed by atoms with van der Waals surface area (Å²) in [7, 11) is 1.96. The number of ether oxygens (including phenoxy) is 2. The van der Waals surface area contributed by atoms with E-state index in [-0.39, 0.29) is 30.6 Å². The summed E-state index contributed by atoms with van der Waals surface area (Å²) < 4.78 is 53.2. The molecule has 1 fully saturated rings. The van der Waals surface area contributed by atoms with Gasteiger partial charge in [0.25, 0.3) is 5.91 Å². The van der Waals surface area contributed by atoms with E-state index in [2.05, 4.69) is 15.3 Å². The average molecular weight is 437 g/mol. The molecule has 4 heterocycles. The summed E-state index contributed by atoms with van der Waals surface area (Å²) in [4.78, 5) is 16.6. The second kappa shape index (κ2) is 7.33. The number of rotatable bonds is 2. The molecule has 0 radical (unpaired) electrons. The predicted octanol–water partition coefficient (Wildman–Crippen LogP) is 2.66. The number of halogens is 3. The van der Waals surface area contributed by atoms with Crippen molar-refractivity contribution in [3.05, 3.63) is 35.5 Å². The van der Waals surface area contributed by atoms with E-state index in [0.717, 1.165) is 17.8 Å². The smallest absolute Gasteiger partial charge is 0.410 e. The molecular weight excluding hydrogens is 415 g/mol. The highest BCUT2D eigenvalue weighted by atomic mass is 19.4. The molecule has 0 unspecified atom stereocenters. The fourth-order valence-electron chi connectivity index (χ4n) is 4.20. The van der Waals surface area contributed by atoms with Crippen LogP contribution >= 0.6 is 0 Å². The molecule has 0 aliphatic carbocycles. The minimum atomic E-state index is -4.51. The maximum absolute atomic E-state index is 13.9. The fraction of sp³-hybridized carbons (Fsp3) is 0.500. The Morgan fingerprint density at radius 3 is 2.61 bits per heavy atom. The van der Waals surface area contributed by atoms with Crippen LogP contribution in [0.5, 0.6) is 11.5 Å². The molecule has 31 heavy (non-hydrogen) atoms. The highest BCUT2D eigenvalue weighted by Gasteiger charge is 2.47. The molecular formula is C20H22F3N5O3. The van der Waals surface area contributed by atoms with Crippen LogP contribution in [-0.4, -0.2) is 71.7 Å². The van der Waals surface area contributed by atoms with E-state index < -0.39 is 18.3 Å². The summed E-state index contributed by atoms with van der Waals surface area (Å²) in [5.41, 5.74) is 0.672. The van der Waals surface area contributed by atoms with Gasteiger partial charge in [0.15, 0.2) is 23.2 Å². The molecule has 1 aromatic heterocycles. The van der Waals surface area contributed by atoms with E-state index in [1.807, 2.05) is 7.05 Å². The van der Waals surface area contributed by atoms with E-state index in [0.29, 0.717) is 30.2 Å². The molecule has 1 saturated heterocycles. The molecule has 11 heteroatoms. The van der Waals surface area contributed by atoms with Gasteiger partial charge in [-0.3, -0.25) is 4.79 Å². The summed E-state index contributed by atoms with van der Waals surface area (Å²) in [5, 5.41) is 7.18.